The Morgan fingerprint density at radius 3 is 2.34 bits per heavy atom. The molecule has 0 aliphatic heterocycles. The van der Waals surface area contributed by atoms with Crippen LogP contribution in [0.15, 0.2) is 42.5 Å². The van der Waals surface area contributed by atoms with Crippen molar-refractivity contribution in [2.24, 2.45) is 0 Å². The molecular weight excluding hydrogens is 368 g/mol. The average Bonchev–Trinajstić information content (AvgIpc) is 2.72. The van der Waals surface area contributed by atoms with Gasteiger partial charge in [-0.25, -0.2) is 0 Å². The van der Waals surface area contributed by atoms with E-state index in [9.17, 15) is 14.4 Å². The number of nitrogens with one attached hydrogen (secondary N) is 2. The van der Waals surface area contributed by atoms with Gasteiger partial charge in [-0.2, -0.15) is 0 Å². The molecule has 0 unspecified atom stereocenters. The summed E-state index contributed by atoms with van der Waals surface area (Å²) in [5.74, 6) is -0.0450. The van der Waals surface area contributed by atoms with Crippen molar-refractivity contribution in [1.82, 2.24) is 5.32 Å². The highest BCUT2D eigenvalue weighted by molar-refractivity contribution is 5.99. The van der Waals surface area contributed by atoms with Crippen molar-refractivity contribution < 1.29 is 19.1 Å². The van der Waals surface area contributed by atoms with Gasteiger partial charge in [0.2, 0.25) is 11.8 Å². The number of aryl methyl sites for hydroxylation is 1. The van der Waals surface area contributed by atoms with Crippen molar-refractivity contribution >= 4 is 23.3 Å². The molecule has 2 N–H and O–H groups in total. The van der Waals surface area contributed by atoms with E-state index < -0.39 is 0 Å². The lowest BCUT2D eigenvalue weighted by molar-refractivity contribution is -0.124. The number of carbonyl (C=O) groups excluding carboxylic acids is 3. The summed E-state index contributed by atoms with van der Waals surface area (Å²) in [5.41, 5.74) is 3.33. The van der Waals surface area contributed by atoms with Crippen LogP contribution < -0.4 is 15.4 Å². The third-order valence-corrected chi connectivity index (χ3v) is 4.55. The Kier molecular flexibility index (Phi) is 8.40. The van der Waals surface area contributed by atoms with E-state index in [1.165, 1.54) is 0 Å². The van der Waals surface area contributed by atoms with Gasteiger partial charge in [-0.3, -0.25) is 14.4 Å². The summed E-state index contributed by atoms with van der Waals surface area (Å²) in [4.78, 5) is 36.2. The SMILES string of the molecule is CCCOc1ccc(C(=O)CCC(=O)NCC(=O)Nc2cccc(C)c2C)cc1. The topological polar surface area (TPSA) is 84.5 Å². The molecule has 0 heterocycles. The number of ether oxygens (including phenoxy) is 1. The highest BCUT2D eigenvalue weighted by atomic mass is 16.5. The number of Topliss-reactive ketones (excluding diaryl/α,β-unsaturated/α-hetero) is 1. The highest BCUT2D eigenvalue weighted by Gasteiger charge is 2.11. The second kappa shape index (κ2) is 11.0. The van der Waals surface area contributed by atoms with E-state index >= 15 is 0 Å². The number of benzene rings is 2. The third kappa shape index (κ3) is 7.07. The molecule has 0 spiro atoms. The molecule has 6 heteroatoms. The van der Waals surface area contributed by atoms with Crippen molar-refractivity contribution in [1.29, 1.82) is 0 Å². The minimum atomic E-state index is -0.336. The third-order valence-electron chi connectivity index (χ3n) is 4.55. The van der Waals surface area contributed by atoms with E-state index in [0.29, 0.717) is 12.2 Å². The van der Waals surface area contributed by atoms with Gasteiger partial charge in [-0.05, 0) is 61.7 Å². The molecule has 154 valence electrons. The first-order chi connectivity index (χ1) is 13.9. The Labute approximate surface area is 171 Å². The number of hydrogen-bond acceptors (Lipinski definition) is 4. The van der Waals surface area contributed by atoms with Crippen LogP contribution in [0.1, 0.15) is 47.7 Å². The Balaban J connectivity index is 1.74. The molecule has 0 aliphatic carbocycles. The largest absolute Gasteiger partial charge is 0.494 e. The summed E-state index contributed by atoms with van der Waals surface area (Å²) in [6.07, 6.45) is 1.03. The van der Waals surface area contributed by atoms with Gasteiger partial charge in [0.05, 0.1) is 13.2 Å². The van der Waals surface area contributed by atoms with Crippen LogP contribution in [0.3, 0.4) is 0 Å². The molecule has 0 radical (unpaired) electrons. The van der Waals surface area contributed by atoms with E-state index in [1.807, 2.05) is 39.0 Å². The Morgan fingerprint density at radius 2 is 1.66 bits per heavy atom. The molecule has 0 aromatic heterocycles. The summed E-state index contributed by atoms with van der Waals surface area (Å²) in [6.45, 7) is 6.41. The number of hydrogen-bond donors (Lipinski definition) is 2. The fourth-order valence-corrected chi connectivity index (χ4v) is 2.68. The van der Waals surface area contributed by atoms with Gasteiger partial charge in [0.15, 0.2) is 5.78 Å². The van der Waals surface area contributed by atoms with Crippen molar-refractivity contribution in [3.05, 3.63) is 59.2 Å². The van der Waals surface area contributed by atoms with E-state index in [1.54, 1.807) is 24.3 Å². The summed E-state index contributed by atoms with van der Waals surface area (Å²) < 4.78 is 5.49. The van der Waals surface area contributed by atoms with E-state index in [0.717, 1.165) is 29.0 Å². The van der Waals surface area contributed by atoms with E-state index in [-0.39, 0.29) is 37.0 Å². The standard InChI is InChI=1S/C23H28N2O4/c1-4-14-29-19-10-8-18(9-11-19)21(26)12-13-22(27)24-15-23(28)25-20-7-5-6-16(2)17(20)3/h5-11H,4,12-15H2,1-3H3,(H,24,27)(H,25,28). The minimum Gasteiger partial charge on any atom is -0.494 e. The van der Waals surface area contributed by atoms with Crippen LogP contribution in [0.4, 0.5) is 5.69 Å². The van der Waals surface area contributed by atoms with E-state index in [4.69, 9.17) is 4.74 Å². The highest BCUT2D eigenvalue weighted by Crippen LogP contribution is 2.17. The summed E-state index contributed by atoms with van der Waals surface area (Å²) in [6, 6.07) is 12.5. The Morgan fingerprint density at radius 1 is 0.931 bits per heavy atom. The van der Waals surface area contributed by atoms with Gasteiger partial charge in [0.1, 0.15) is 5.75 Å². The van der Waals surface area contributed by atoms with Crippen LogP contribution in [0.2, 0.25) is 0 Å². The molecule has 2 amide bonds. The molecule has 0 bridgehead atoms. The number of rotatable bonds is 10. The minimum absolute atomic E-state index is 0.0314. The molecule has 6 nitrogen and oxygen atoms in total. The zero-order valence-corrected chi connectivity index (χ0v) is 17.2. The average molecular weight is 396 g/mol. The van der Waals surface area contributed by atoms with Crippen LogP contribution >= 0.6 is 0 Å². The maximum atomic E-state index is 12.2. The lowest BCUT2D eigenvalue weighted by Crippen LogP contribution is -2.33. The molecule has 2 aromatic carbocycles. The van der Waals surface area contributed by atoms with Crippen LogP contribution in [-0.2, 0) is 9.59 Å². The number of anilines is 1. The second-order valence-corrected chi connectivity index (χ2v) is 6.87. The molecule has 0 fully saturated rings. The van der Waals surface area contributed by atoms with Gasteiger partial charge < -0.3 is 15.4 Å². The van der Waals surface area contributed by atoms with Crippen LogP contribution in [0.5, 0.6) is 5.75 Å². The normalized spacial score (nSPS) is 10.3. The molecule has 0 aliphatic rings. The van der Waals surface area contributed by atoms with E-state index in [2.05, 4.69) is 10.6 Å². The molecule has 29 heavy (non-hydrogen) atoms. The monoisotopic (exact) mass is 396 g/mol. The maximum absolute atomic E-state index is 12.2. The van der Waals surface area contributed by atoms with Gasteiger partial charge in [-0.15, -0.1) is 0 Å². The molecule has 0 saturated heterocycles. The molecular formula is C23H28N2O4. The predicted molar refractivity (Wildman–Crippen MR) is 113 cm³/mol. The van der Waals surface area contributed by atoms with Crippen LogP contribution in [0.25, 0.3) is 0 Å². The summed E-state index contributed by atoms with van der Waals surface area (Å²) in [7, 11) is 0. The maximum Gasteiger partial charge on any atom is 0.243 e. The summed E-state index contributed by atoms with van der Waals surface area (Å²) in [5, 5.41) is 5.34. The number of ketones is 1. The predicted octanol–water partition coefficient (Wildman–Crippen LogP) is 3.81. The molecule has 2 rings (SSSR count). The Bertz CT molecular complexity index is 860. The van der Waals surface area contributed by atoms with Crippen LogP contribution in [-0.4, -0.2) is 30.7 Å². The fourth-order valence-electron chi connectivity index (χ4n) is 2.68. The van der Waals surface area contributed by atoms with Crippen molar-refractivity contribution in [2.45, 2.75) is 40.0 Å². The first-order valence-corrected chi connectivity index (χ1v) is 9.79. The zero-order chi connectivity index (χ0) is 21.2. The van der Waals surface area contributed by atoms with Crippen molar-refractivity contribution in [3.8, 4) is 5.75 Å². The first-order valence-electron chi connectivity index (χ1n) is 9.79. The van der Waals surface area contributed by atoms with Gasteiger partial charge in [0.25, 0.3) is 0 Å². The zero-order valence-electron chi connectivity index (χ0n) is 17.2. The molecule has 2 aromatic rings. The Hall–Kier alpha value is -3.15. The number of amides is 2. The summed E-state index contributed by atoms with van der Waals surface area (Å²) >= 11 is 0. The number of carbonyl (C=O) groups is 3. The van der Waals surface area contributed by atoms with Crippen molar-refractivity contribution in [3.63, 3.8) is 0 Å². The quantitative estimate of drug-likeness (QED) is 0.598. The van der Waals surface area contributed by atoms with Crippen LogP contribution in [0, 0.1) is 13.8 Å². The van der Waals surface area contributed by atoms with Crippen molar-refractivity contribution in [2.75, 3.05) is 18.5 Å². The second-order valence-electron chi connectivity index (χ2n) is 6.87. The lowest BCUT2D eigenvalue weighted by Gasteiger charge is -2.11. The van der Waals surface area contributed by atoms with Gasteiger partial charge >= 0.3 is 0 Å². The lowest BCUT2D eigenvalue weighted by atomic mass is 10.1. The first kappa shape index (κ1) is 22.1. The van der Waals surface area contributed by atoms with Gasteiger partial charge in [-0.1, -0.05) is 19.1 Å². The van der Waals surface area contributed by atoms with Gasteiger partial charge in [0, 0.05) is 24.1 Å². The smallest absolute Gasteiger partial charge is 0.243 e. The molecule has 0 saturated carbocycles. The molecule has 0 atom stereocenters. The fraction of sp³-hybridized carbons (Fsp3) is 0.348.